The molecule has 0 aromatic rings. The predicted octanol–water partition coefficient (Wildman–Crippen LogP) is 3.02. The highest BCUT2D eigenvalue weighted by Crippen LogP contribution is 2.35. The van der Waals surface area contributed by atoms with Crippen molar-refractivity contribution in [2.75, 3.05) is 0 Å². The SMILES string of the molecule is CC(C)(C)[Si](C)(C)C#CCCC=O. The molecule has 0 fully saturated rings. The molecule has 0 radical (unpaired) electrons. The predicted molar refractivity (Wildman–Crippen MR) is 60.3 cm³/mol. The fourth-order valence-electron chi connectivity index (χ4n) is 0.602. The van der Waals surface area contributed by atoms with E-state index >= 15 is 0 Å². The third-order valence-corrected chi connectivity index (χ3v) is 7.21. The Morgan fingerprint density at radius 1 is 1.31 bits per heavy atom. The zero-order valence-electron chi connectivity index (χ0n) is 9.40. The molecule has 0 aromatic heterocycles. The van der Waals surface area contributed by atoms with E-state index < -0.39 is 8.07 Å². The van der Waals surface area contributed by atoms with E-state index in [9.17, 15) is 4.79 Å². The normalized spacial score (nSPS) is 11.8. The van der Waals surface area contributed by atoms with Gasteiger partial charge >= 0.3 is 0 Å². The van der Waals surface area contributed by atoms with Crippen molar-refractivity contribution in [1.29, 1.82) is 0 Å². The highest BCUT2D eigenvalue weighted by molar-refractivity contribution is 6.87. The zero-order valence-corrected chi connectivity index (χ0v) is 10.4. The summed E-state index contributed by atoms with van der Waals surface area (Å²) in [7, 11) is -1.43. The van der Waals surface area contributed by atoms with Crippen molar-refractivity contribution in [3.05, 3.63) is 0 Å². The van der Waals surface area contributed by atoms with Gasteiger partial charge in [-0.2, -0.15) is 0 Å². The van der Waals surface area contributed by atoms with Crippen LogP contribution in [0.5, 0.6) is 0 Å². The van der Waals surface area contributed by atoms with E-state index in [1.165, 1.54) is 0 Å². The lowest BCUT2D eigenvalue weighted by Gasteiger charge is -2.31. The van der Waals surface area contributed by atoms with Crippen LogP contribution in [0.2, 0.25) is 18.1 Å². The van der Waals surface area contributed by atoms with Gasteiger partial charge in [-0.25, -0.2) is 0 Å². The first-order valence-corrected chi connectivity index (χ1v) is 7.75. The molecule has 0 amide bonds. The van der Waals surface area contributed by atoms with Crippen LogP contribution < -0.4 is 0 Å². The van der Waals surface area contributed by atoms with Gasteiger partial charge in [-0.15, -0.1) is 11.5 Å². The van der Waals surface area contributed by atoms with Gasteiger partial charge in [-0.1, -0.05) is 33.9 Å². The van der Waals surface area contributed by atoms with Gasteiger partial charge in [0.05, 0.1) is 0 Å². The summed E-state index contributed by atoms with van der Waals surface area (Å²) in [4.78, 5) is 10.1. The Morgan fingerprint density at radius 2 is 1.85 bits per heavy atom. The fraction of sp³-hybridized carbons (Fsp3) is 0.727. The first-order valence-electron chi connectivity index (χ1n) is 4.75. The summed E-state index contributed by atoms with van der Waals surface area (Å²) < 4.78 is 0. The average Bonchev–Trinajstić information content (AvgIpc) is 1.96. The number of hydrogen-bond donors (Lipinski definition) is 0. The Morgan fingerprint density at radius 3 is 2.23 bits per heavy atom. The number of carbonyl (C=O) groups excluding carboxylic acids is 1. The van der Waals surface area contributed by atoms with E-state index in [1.54, 1.807) is 0 Å². The van der Waals surface area contributed by atoms with Crippen molar-refractivity contribution in [1.82, 2.24) is 0 Å². The van der Waals surface area contributed by atoms with Gasteiger partial charge in [-0.3, -0.25) is 0 Å². The third-order valence-electron chi connectivity index (χ3n) is 2.66. The van der Waals surface area contributed by atoms with Gasteiger partial charge in [0.25, 0.3) is 0 Å². The van der Waals surface area contributed by atoms with Crippen LogP contribution in [-0.2, 0) is 4.79 Å². The summed E-state index contributed by atoms with van der Waals surface area (Å²) in [5.41, 5.74) is 3.36. The molecule has 1 nitrogen and oxygen atoms in total. The molecule has 0 bridgehead atoms. The van der Waals surface area contributed by atoms with Gasteiger partial charge in [0.2, 0.25) is 0 Å². The maximum absolute atomic E-state index is 10.1. The second-order valence-electron chi connectivity index (χ2n) is 4.88. The second kappa shape index (κ2) is 4.62. The highest BCUT2D eigenvalue weighted by atomic mass is 28.3. The average molecular weight is 196 g/mol. The molecule has 0 atom stereocenters. The Balaban J connectivity index is 4.29. The van der Waals surface area contributed by atoms with Crippen LogP contribution in [0.3, 0.4) is 0 Å². The first kappa shape index (κ1) is 12.4. The Kier molecular flexibility index (Phi) is 4.42. The minimum absolute atomic E-state index is 0.321. The number of hydrogen-bond acceptors (Lipinski definition) is 1. The molecule has 74 valence electrons. The first-order chi connectivity index (χ1) is 5.81. The molecule has 0 aliphatic carbocycles. The van der Waals surface area contributed by atoms with Gasteiger partial charge < -0.3 is 4.79 Å². The minimum Gasteiger partial charge on any atom is -0.303 e. The lowest BCUT2D eigenvalue weighted by molar-refractivity contribution is -0.107. The molecule has 0 unspecified atom stereocenters. The van der Waals surface area contributed by atoms with E-state index in [-0.39, 0.29) is 0 Å². The third kappa shape index (κ3) is 4.28. The molecular weight excluding hydrogens is 176 g/mol. The van der Waals surface area contributed by atoms with E-state index in [0.29, 0.717) is 11.5 Å². The van der Waals surface area contributed by atoms with Gasteiger partial charge in [0.1, 0.15) is 14.4 Å². The van der Waals surface area contributed by atoms with Crippen molar-refractivity contribution >= 4 is 14.4 Å². The zero-order chi connectivity index (χ0) is 10.5. The van der Waals surface area contributed by atoms with Crippen molar-refractivity contribution < 1.29 is 4.79 Å². The van der Waals surface area contributed by atoms with Crippen molar-refractivity contribution in [2.45, 2.75) is 51.7 Å². The van der Waals surface area contributed by atoms with E-state index in [1.807, 2.05) is 0 Å². The topological polar surface area (TPSA) is 17.1 Å². The van der Waals surface area contributed by atoms with Crippen LogP contribution in [-0.4, -0.2) is 14.4 Å². The van der Waals surface area contributed by atoms with E-state index in [4.69, 9.17) is 0 Å². The maximum atomic E-state index is 10.1. The summed E-state index contributed by atoms with van der Waals surface area (Å²) >= 11 is 0. The van der Waals surface area contributed by atoms with Gasteiger partial charge in [0.15, 0.2) is 0 Å². The largest absolute Gasteiger partial charge is 0.303 e. The van der Waals surface area contributed by atoms with Crippen molar-refractivity contribution in [3.63, 3.8) is 0 Å². The van der Waals surface area contributed by atoms with E-state index in [0.717, 1.165) is 12.7 Å². The standard InChI is InChI=1S/C11H20OSi/c1-11(2,3)13(4,5)10-8-6-7-9-12/h9H,6-7H2,1-5H3. The molecule has 0 aromatic carbocycles. The molecule has 0 saturated heterocycles. The van der Waals surface area contributed by atoms with Crippen LogP contribution in [0, 0.1) is 11.5 Å². The highest BCUT2D eigenvalue weighted by Gasteiger charge is 2.33. The summed E-state index contributed by atoms with van der Waals surface area (Å²) in [5.74, 6) is 3.11. The van der Waals surface area contributed by atoms with Gasteiger partial charge in [-0.05, 0) is 5.04 Å². The molecule has 13 heavy (non-hydrogen) atoms. The molecule has 0 saturated carbocycles. The van der Waals surface area contributed by atoms with Crippen LogP contribution in [0.4, 0.5) is 0 Å². The molecule has 2 heteroatoms. The molecule has 0 heterocycles. The summed E-state index contributed by atoms with van der Waals surface area (Å²) in [6.07, 6.45) is 2.22. The van der Waals surface area contributed by atoms with Crippen LogP contribution in [0.1, 0.15) is 33.6 Å². The summed E-state index contributed by atoms with van der Waals surface area (Å²) in [6, 6.07) is 0. The monoisotopic (exact) mass is 196 g/mol. The lowest BCUT2D eigenvalue weighted by Crippen LogP contribution is -2.35. The van der Waals surface area contributed by atoms with Crippen LogP contribution in [0.15, 0.2) is 0 Å². The molecule has 0 aliphatic heterocycles. The Bertz CT molecular complexity index is 225. The quantitative estimate of drug-likeness (QED) is 0.287. The fourth-order valence-corrected chi connectivity index (χ4v) is 1.54. The molecule has 0 spiro atoms. The van der Waals surface area contributed by atoms with Crippen molar-refractivity contribution in [3.8, 4) is 11.5 Å². The van der Waals surface area contributed by atoms with E-state index in [2.05, 4.69) is 45.3 Å². The number of unbranched alkanes of at least 4 members (excludes halogenated alkanes) is 1. The number of aldehydes is 1. The Hall–Kier alpha value is -0.553. The molecule has 0 N–H and O–H groups in total. The number of carbonyl (C=O) groups is 1. The van der Waals surface area contributed by atoms with Crippen LogP contribution in [0.25, 0.3) is 0 Å². The maximum Gasteiger partial charge on any atom is 0.137 e. The molecule has 0 rings (SSSR count). The van der Waals surface area contributed by atoms with Crippen molar-refractivity contribution in [2.24, 2.45) is 0 Å². The lowest BCUT2D eigenvalue weighted by atomic mass is 10.2. The summed E-state index contributed by atoms with van der Waals surface area (Å²) in [5, 5.41) is 0.321. The molecule has 0 aliphatic rings. The summed E-state index contributed by atoms with van der Waals surface area (Å²) in [6.45, 7) is 11.3. The smallest absolute Gasteiger partial charge is 0.137 e. The molecular formula is C11H20OSi. The Labute approximate surface area is 82.9 Å². The van der Waals surface area contributed by atoms with Gasteiger partial charge in [0, 0.05) is 12.8 Å². The minimum atomic E-state index is -1.43. The van der Waals surface area contributed by atoms with Crippen LogP contribution >= 0.6 is 0 Å². The number of rotatable bonds is 2. The second-order valence-corrected chi connectivity index (χ2v) is 9.88.